The van der Waals surface area contributed by atoms with Crippen LogP contribution >= 0.6 is 0 Å². The Kier molecular flexibility index (Phi) is 4.54. The molecule has 0 radical (unpaired) electrons. The predicted molar refractivity (Wildman–Crippen MR) is 72.6 cm³/mol. The lowest BCUT2D eigenvalue weighted by atomic mass is 10.1. The molecule has 0 aromatic heterocycles. The van der Waals surface area contributed by atoms with Gasteiger partial charge in [0.15, 0.2) is 0 Å². The third-order valence-electron chi connectivity index (χ3n) is 2.30. The van der Waals surface area contributed by atoms with E-state index in [1.54, 1.807) is 13.2 Å². The van der Waals surface area contributed by atoms with Crippen molar-refractivity contribution in [3.8, 4) is 5.75 Å². The van der Waals surface area contributed by atoms with Crippen molar-refractivity contribution in [2.75, 3.05) is 7.11 Å². The molecule has 0 saturated carbocycles. The fraction of sp³-hybridized carbons (Fsp3) is 0.400. The molecular formula is C15H20O3. The number of ether oxygens (including phenoxy) is 2. The van der Waals surface area contributed by atoms with E-state index in [-0.39, 0.29) is 12.4 Å². The molecule has 18 heavy (non-hydrogen) atoms. The van der Waals surface area contributed by atoms with Crippen LogP contribution in [0.5, 0.6) is 5.75 Å². The Morgan fingerprint density at radius 2 is 2.06 bits per heavy atom. The highest BCUT2D eigenvalue weighted by atomic mass is 16.6. The Morgan fingerprint density at radius 1 is 1.39 bits per heavy atom. The predicted octanol–water partition coefficient (Wildman–Crippen LogP) is 3.22. The number of rotatable bonds is 4. The van der Waals surface area contributed by atoms with Gasteiger partial charge in [-0.1, -0.05) is 24.8 Å². The topological polar surface area (TPSA) is 35.5 Å². The number of carbonyl (C=O) groups is 1. The number of esters is 1. The van der Waals surface area contributed by atoms with Crippen molar-refractivity contribution in [3.05, 3.63) is 35.9 Å². The number of benzene rings is 1. The number of carbonyl (C=O) groups excluding carboxylic acids is 1. The normalized spacial score (nSPS) is 10.9. The molecule has 1 aromatic carbocycles. The summed E-state index contributed by atoms with van der Waals surface area (Å²) in [7, 11) is 1.58. The van der Waals surface area contributed by atoms with Gasteiger partial charge in [0, 0.05) is 5.56 Å². The lowest BCUT2D eigenvalue weighted by molar-refractivity contribution is -0.153. The molecule has 3 heteroatoms. The van der Waals surface area contributed by atoms with Crippen LogP contribution < -0.4 is 4.74 Å². The monoisotopic (exact) mass is 248 g/mol. The van der Waals surface area contributed by atoms with Crippen LogP contribution in [0.2, 0.25) is 0 Å². The van der Waals surface area contributed by atoms with Crippen molar-refractivity contribution in [1.82, 2.24) is 0 Å². The van der Waals surface area contributed by atoms with Crippen molar-refractivity contribution >= 4 is 12.0 Å². The molecule has 3 nitrogen and oxygen atoms in total. The van der Waals surface area contributed by atoms with Gasteiger partial charge in [0.05, 0.1) is 13.5 Å². The molecule has 0 aliphatic heterocycles. The summed E-state index contributed by atoms with van der Waals surface area (Å²) >= 11 is 0. The average molecular weight is 248 g/mol. The summed E-state index contributed by atoms with van der Waals surface area (Å²) in [5, 5.41) is 0. The first-order valence-corrected chi connectivity index (χ1v) is 5.87. The molecule has 0 saturated heterocycles. The Hall–Kier alpha value is -1.77. The van der Waals surface area contributed by atoms with Crippen LogP contribution in [0, 0.1) is 0 Å². The van der Waals surface area contributed by atoms with Crippen LogP contribution in [0.1, 0.15) is 31.9 Å². The van der Waals surface area contributed by atoms with Crippen molar-refractivity contribution in [1.29, 1.82) is 0 Å². The van der Waals surface area contributed by atoms with Crippen LogP contribution in [0.3, 0.4) is 0 Å². The second-order valence-electron chi connectivity index (χ2n) is 5.04. The number of methoxy groups -OCH3 is 1. The minimum atomic E-state index is -0.467. The van der Waals surface area contributed by atoms with E-state index >= 15 is 0 Å². The second-order valence-corrected chi connectivity index (χ2v) is 5.04. The Morgan fingerprint density at radius 3 is 2.56 bits per heavy atom. The zero-order valence-electron chi connectivity index (χ0n) is 11.4. The molecular weight excluding hydrogens is 228 g/mol. The second kappa shape index (κ2) is 5.71. The SMILES string of the molecule is C=Cc1ccc(CC(=O)OC(C)(C)C)c(OC)c1. The molecule has 0 N–H and O–H groups in total. The molecule has 0 atom stereocenters. The summed E-state index contributed by atoms with van der Waals surface area (Å²) in [5.41, 5.74) is 1.31. The summed E-state index contributed by atoms with van der Waals surface area (Å²) in [6.07, 6.45) is 1.94. The maximum atomic E-state index is 11.8. The Bertz CT molecular complexity index is 442. The summed E-state index contributed by atoms with van der Waals surface area (Å²) in [6.45, 7) is 9.25. The first kappa shape index (κ1) is 14.3. The van der Waals surface area contributed by atoms with E-state index in [9.17, 15) is 4.79 Å². The van der Waals surface area contributed by atoms with E-state index in [1.807, 2.05) is 39.0 Å². The zero-order chi connectivity index (χ0) is 13.8. The highest BCUT2D eigenvalue weighted by Crippen LogP contribution is 2.22. The maximum absolute atomic E-state index is 11.8. The summed E-state index contributed by atoms with van der Waals surface area (Å²) in [4.78, 5) is 11.8. The van der Waals surface area contributed by atoms with E-state index in [0.29, 0.717) is 5.75 Å². The summed E-state index contributed by atoms with van der Waals surface area (Å²) in [6, 6.07) is 5.61. The zero-order valence-corrected chi connectivity index (χ0v) is 11.4. The standard InChI is InChI=1S/C15H20O3/c1-6-11-7-8-12(13(9-11)17-5)10-14(16)18-15(2,3)4/h6-9H,1,10H2,2-5H3. The van der Waals surface area contributed by atoms with E-state index in [2.05, 4.69) is 6.58 Å². The third-order valence-corrected chi connectivity index (χ3v) is 2.30. The van der Waals surface area contributed by atoms with E-state index < -0.39 is 5.60 Å². The minimum Gasteiger partial charge on any atom is -0.496 e. The van der Waals surface area contributed by atoms with Gasteiger partial charge in [-0.2, -0.15) is 0 Å². The molecule has 0 unspecified atom stereocenters. The molecule has 1 rings (SSSR count). The number of hydrogen-bond donors (Lipinski definition) is 0. The molecule has 0 heterocycles. The van der Waals surface area contributed by atoms with Crippen molar-refractivity contribution in [2.45, 2.75) is 32.8 Å². The molecule has 0 amide bonds. The van der Waals surface area contributed by atoms with Gasteiger partial charge in [-0.15, -0.1) is 0 Å². The van der Waals surface area contributed by atoms with Crippen LogP contribution in [-0.2, 0) is 16.0 Å². The van der Waals surface area contributed by atoms with Gasteiger partial charge in [-0.3, -0.25) is 4.79 Å². The number of hydrogen-bond acceptors (Lipinski definition) is 3. The van der Waals surface area contributed by atoms with E-state index in [1.165, 1.54) is 0 Å². The highest BCUT2D eigenvalue weighted by Gasteiger charge is 2.17. The molecule has 0 spiro atoms. The molecule has 0 fully saturated rings. The third kappa shape index (κ3) is 4.24. The summed E-state index contributed by atoms with van der Waals surface area (Å²) in [5.74, 6) is 0.422. The van der Waals surface area contributed by atoms with Crippen molar-refractivity contribution in [3.63, 3.8) is 0 Å². The molecule has 0 aliphatic carbocycles. The fourth-order valence-electron chi connectivity index (χ4n) is 1.57. The van der Waals surface area contributed by atoms with Crippen molar-refractivity contribution < 1.29 is 14.3 Å². The van der Waals surface area contributed by atoms with Gasteiger partial charge in [0.2, 0.25) is 0 Å². The molecule has 1 aromatic rings. The van der Waals surface area contributed by atoms with Crippen molar-refractivity contribution in [2.24, 2.45) is 0 Å². The molecule has 0 aliphatic rings. The molecule has 98 valence electrons. The van der Waals surface area contributed by atoms with Gasteiger partial charge >= 0.3 is 5.97 Å². The largest absolute Gasteiger partial charge is 0.496 e. The highest BCUT2D eigenvalue weighted by molar-refractivity contribution is 5.74. The fourth-order valence-corrected chi connectivity index (χ4v) is 1.57. The lowest BCUT2D eigenvalue weighted by Gasteiger charge is -2.20. The van der Waals surface area contributed by atoms with Crippen LogP contribution in [0.25, 0.3) is 6.08 Å². The van der Waals surface area contributed by atoms with E-state index in [4.69, 9.17) is 9.47 Å². The lowest BCUT2D eigenvalue weighted by Crippen LogP contribution is -2.25. The van der Waals surface area contributed by atoms with Gasteiger partial charge in [-0.25, -0.2) is 0 Å². The van der Waals surface area contributed by atoms with Gasteiger partial charge in [0.1, 0.15) is 11.4 Å². The first-order valence-electron chi connectivity index (χ1n) is 5.87. The summed E-state index contributed by atoms with van der Waals surface area (Å²) < 4.78 is 10.5. The maximum Gasteiger partial charge on any atom is 0.310 e. The van der Waals surface area contributed by atoms with Crippen LogP contribution in [-0.4, -0.2) is 18.7 Å². The minimum absolute atomic E-state index is 0.206. The van der Waals surface area contributed by atoms with E-state index in [0.717, 1.165) is 11.1 Å². The smallest absolute Gasteiger partial charge is 0.310 e. The van der Waals surface area contributed by atoms with Gasteiger partial charge in [-0.05, 0) is 32.4 Å². The van der Waals surface area contributed by atoms with Crippen LogP contribution in [0.15, 0.2) is 24.8 Å². The quantitative estimate of drug-likeness (QED) is 0.767. The van der Waals surface area contributed by atoms with Gasteiger partial charge in [0.25, 0.3) is 0 Å². The Labute approximate surface area is 108 Å². The molecule has 0 bridgehead atoms. The average Bonchev–Trinajstić information content (AvgIpc) is 2.27. The first-order chi connectivity index (χ1) is 8.35. The Balaban J connectivity index is 2.84. The van der Waals surface area contributed by atoms with Gasteiger partial charge < -0.3 is 9.47 Å². The van der Waals surface area contributed by atoms with Crippen LogP contribution in [0.4, 0.5) is 0 Å².